The lowest BCUT2D eigenvalue weighted by atomic mass is 10.1. The van der Waals surface area contributed by atoms with Crippen LogP contribution in [0.15, 0.2) is 42.5 Å². The summed E-state index contributed by atoms with van der Waals surface area (Å²) in [5.74, 6) is 0.778. The van der Waals surface area contributed by atoms with Crippen LogP contribution in [0.2, 0.25) is 0 Å². The van der Waals surface area contributed by atoms with Gasteiger partial charge in [0.1, 0.15) is 0 Å². The van der Waals surface area contributed by atoms with Crippen LogP contribution in [-0.4, -0.2) is 24.1 Å². The molecule has 0 aromatic heterocycles. The van der Waals surface area contributed by atoms with E-state index in [-0.39, 0.29) is 18.4 Å². The van der Waals surface area contributed by atoms with Crippen molar-refractivity contribution in [3.05, 3.63) is 64.7 Å². The first-order valence-electron chi connectivity index (χ1n) is 8.22. The van der Waals surface area contributed by atoms with E-state index < -0.39 is 0 Å². The van der Waals surface area contributed by atoms with E-state index in [4.69, 9.17) is 0 Å². The van der Waals surface area contributed by atoms with Crippen molar-refractivity contribution < 1.29 is 9.59 Å². The number of aryl methyl sites for hydroxylation is 2. The Bertz CT molecular complexity index is 759. The van der Waals surface area contributed by atoms with Gasteiger partial charge in [-0.3, -0.25) is 9.59 Å². The second-order valence-electron chi connectivity index (χ2n) is 5.99. The molecule has 2 aromatic rings. The van der Waals surface area contributed by atoms with Crippen molar-refractivity contribution >= 4 is 29.3 Å². The van der Waals surface area contributed by atoms with E-state index in [1.165, 1.54) is 11.1 Å². The summed E-state index contributed by atoms with van der Waals surface area (Å²) in [5, 5.41) is 5.50. The smallest absolute Gasteiger partial charge is 0.243 e. The maximum absolute atomic E-state index is 12.0. The SMILES string of the molecule is Cc1ccccc1CSCC(=O)NCC(=O)Nc1cccc(C)c1C. The molecule has 2 amide bonds. The number of anilines is 1. The van der Waals surface area contributed by atoms with Crippen LogP contribution in [0.1, 0.15) is 22.3 Å². The summed E-state index contributed by atoms with van der Waals surface area (Å²) >= 11 is 1.54. The third kappa shape index (κ3) is 5.94. The molecule has 2 aromatic carbocycles. The molecule has 0 saturated heterocycles. The van der Waals surface area contributed by atoms with Crippen molar-refractivity contribution in [2.75, 3.05) is 17.6 Å². The Morgan fingerprint density at radius 1 is 0.920 bits per heavy atom. The number of thioether (sulfide) groups is 1. The van der Waals surface area contributed by atoms with Gasteiger partial charge in [0.25, 0.3) is 0 Å². The van der Waals surface area contributed by atoms with Crippen molar-refractivity contribution in [3.8, 4) is 0 Å². The van der Waals surface area contributed by atoms with E-state index in [0.29, 0.717) is 5.75 Å². The molecule has 25 heavy (non-hydrogen) atoms. The molecule has 0 spiro atoms. The average molecular weight is 356 g/mol. The molecule has 0 fully saturated rings. The molecule has 2 N–H and O–H groups in total. The van der Waals surface area contributed by atoms with E-state index in [2.05, 4.69) is 29.7 Å². The highest BCUT2D eigenvalue weighted by Crippen LogP contribution is 2.18. The zero-order chi connectivity index (χ0) is 18.2. The highest BCUT2D eigenvalue weighted by Gasteiger charge is 2.08. The lowest BCUT2D eigenvalue weighted by molar-refractivity contribution is -0.122. The summed E-state index contributed by atoms with van der Waals surface area (Å²) in [6.07, 6.45) is 0. The van der Waals surface area contributed by atoms with Gasteiger partial charge in [0.2, 0.25) is 11.8 Å². The summed E-state index contributed by atoms with van der Waals surface area (Å²) in [4.78, 5) is 23.9. The van der Waals surface area contributed by atoms with Crippen molar-refractivity contribution in [2.24, 2.45) is 0 Å². The standard InChI is InChI=1S/C20H24N2O2S/c1-14-8-6-10-18(16(14)3)22-19(23)11-21-20(24)13-25-12-17-9-5-4-7-15(17)2/h4-10H,11-13H2,1-3H3,(H,21,24)(H,22,23). The minimum absolute atomic E-state index is 0.0167. The minimum atomic E-state index is -0.217. The normalized spacial score (nSPS) is 10.4. The van der Waals surface area contributed by atoms with Crippen LogP contribution in [0.4, 0.5) is 5.69 Å². The van der Waals surface area contributed by atoms with Gasteiger partial charge in [0, 0.05) is 11.4 Å². The third-order valence-corrected chi connectivity index (χ3v) is 5.06. The Balaban J connectivity index is 1.71. The Morgan fingerprint density at radius 3 is 2.40 bits per heavy atom. The highest BCUT2D eigenvalue weighted by molar-refractivity contribution is 7.99. The number of amides is 2. The minimum Gasteiger partial charge on any atom is -0.346 e. The van der Waals surface area contributed by atoms with E-state index in [1.807, 2.05) is 44.2 Å². The average Bonchev–Trinajstić information content (AvgIpc) is 2.59. The Kier molecular flexibility index (Phi) is 7.07. The summed E-state index contributed by atoms with van der Waals surface area (Å²) in [5.41, 5.74) is 5.40. The van der Waals surface area contributed by atoms with Crippen molar-refractivity contribution in [1.82, 2.24) is 5.32 Å². The predicted octanol–water partition coefficient (Wildman–Crippen LogP) is 3.60. The maximum atomic E-state index is 12.0. The lowest BCUT2D eigenvalue weighted by Gasteiger charge is -2.11. The number of rotatable bonds is 7. The van der Waals surface area contributed by atoms with Gasteiger partial charge in [0.05, 0.1) is 12.3 Å². The number of carbonyl (C=O) groups is 2. The first-order valence-corrected chi connectivity index (χ1v) is 9.38. The Labute approximate surface area is 153 Å². The molecule has 0 aliphatic rings. The van der Waals surface area contributed by atoms with Crippen LogP contribution in [0.3, 0.4) is 0 Å². The summed E-state index contributed by atoms with van der Waals surface area (Å²) in [6.45, 7) is 6.01. The van der Waals surface area contributed by atoms with E-state index in [9.17, 15) is 9.59 Å². The van der Waals surface area contributed by atoms with Gasteiger partial charge in [-0.15, -0.1) is 11.8 Å². The first-order chi connectivity index (χ1) is 12.0. The molecule has 0 aliphatic carbocycles. The fourth-order valence-corrected chi connectivity index (χ4v) is 3.27. The predicted molar refractivity (Wildman–Crippen MR) is 105 cm³/mol. The van der Waals surface area contributed by atoms with E-state index in [0.717, 1.165) is 22.6 Å². The molecule has 0 unspecified atom stereocenters. The molecule has 0 bridgehead atoms. The van der Waals surface area contributed by atoms with E-state index >= 15 is 0 Å². The van der Waals surface area contributed by atoms with Crippen LogP contribution in [0, 0.1) is 20.8 Å². The van der Waals surface area contributed by atoms with Crippen LogP contribution in [0.5, 0.6) is 0 Å². The van der Waals surface area contributed by atoms with E-state index in [1.54, 1.807) is 11.8 Å². The molecule has 0 aliphatic heterocycles. The molecular formula is C20H24N2O2S. The molecule has 4 nitrogen and oxygen atoms in total. The van der Waals surface area contributed by atoms with Gasteiger partial charge in [-0.2, -0.15) is 0 Å². The van der Waals surface area contributed by atoms with Gasteiger partial charge < -0.3 is 10.6 Å². The number of hydrogen-bond donors (Lipinski definition) is 2. The van der Waals surface area contributed by atoms with Gasteiger partial charge in [0.15, 0.2) is 0 Å². The van der Waals surface area contributed by atoms with Gasteiger partial charge in [-0.05, 0) is 49.1 Å². The summed E-state index contributed by atoms with van der Waals surface area (Å²) in [7, 11) is 0. The Morgan fingerprint density at radius 2 is 1.64 bits per heavy atom. The Hall–Kier alpha value is -2.27. The van der Waals surface area contributed by atoms with Crippen LogP contribution >= 0.6 is 11.8 Å². The number of benzene rings is 2. The quantitative estimate of drug-likeness (QED) is 0.797. The van der Waals surface area contributed by atoms with Crippen LogP contribution in [-0.2, 0) is 15.3 Å². The molecule has 0 saturated carbocycles. The van der Waals surface area contributed by atoms with Gasteiger partial charge >= 0.3 is 0 Å². The van der Waals surface area contributed by atoms with Crippen molar-refractivity contribution in [3.63, 3.8) is 0 Å². The fraction of sp³-hybridized carbons (Fsp3) is 0.300. The van der Waals surface area contributed by atoms with Crippen LogP contribution in [0.25, 0.3) is 0 Å². The zero-order valence-electron chi connectivity index (χ0n) is 14.9. The van der Waals surface area contributed by atoms with Crippen LogP contribution < -0.4 is 10.6 Å². The van der Waals surface area contributed by atoms with Crippen molar-refractivity contribution in [1.29, 1.82) is 0 Å². The third-order valence-electron chi connectivity index (χ3n) is 4.08. The maximum Gasteiger partial charge on any atom is 0.243 e. The number of carbonyl (C=O) groups excluding carboxylic acids is 2. The second kappa shape index (κ2) is 9.28. The van der Waals surface area contributed by atoms with Crippen molar-refractivity contribution in [2.45, 2.75) is 26.5 Å². The lowest BCUT2D eigenvalue weighted by Crippen LogP contribution is -2.34. The molecule has 2 rings (SSSR count). The highest BCUT2D eigenvalue weighted by atomic mass is 32.2. The van der Waals surface area contributed by atoms with Gasteiger partial charge in [-0.25, -0.2) is 0 Å². The first kappa shape index (κ1) is 19.1. The summed E-state index contributed by atoms with van der Waals surface area (Å²) < 4.78 is 0. The monoisotopic (exact) mass is 356 g/mol. The number of hydrogen-bond acceptors (Lipinski definition) is 3. The van der Waals surface area contributed by atoms with Gasteiger partial charge in [-0.1, -0.05) is 36.4 Å². The zero-order valence-corrected chi connectivity index (χ0v) is 15.7. The summed E-state index contributed by atoms with van der Waals surface area (Å²) in [6, 6.07) is 13.9. The molecule has 5 heteroatoms. The topological polar surface area (TPSA) is 58.2 Å². The number of nitrogens with one attached hydrogen (secondary N) is 2. The molecule has 0 atom stereocenters. The molecular weight excluding hydrogens is 332 g/mol. The molecule has 0 heterocycles. The largest absolute Gasteiger partial charge is 0.346 e. The fourth-order valence-electron chi connectivity index (χ4n) is 2.34. The second-order valence-corrected chi connectivity index (χ2v) is 6.98. The molecule has 0 radical (unpaired) electrons. The molecule has 132 valence electrons.